The van der Waals surface area contributed by atoms with E-state index in [0.29, 0.717) is 32.4 Å². The number of aliphatic carboxylic acids is 1. The van der Waals surface area contributed by atoms with Gasteiger partial charge in [0.2, 0.25) is 0 Å². The number of nitrogens with zero attached hydrogens (tertiary/aromatic N) is 2. The van der Waals surface area contributed by atoms with E-state index in [1.54, 1.807) is 8.61 Å². The minimum atomic E-state index is -3.64. The molecule has 28 heavy (non-hydrogen) atoms. The Morgan fingerprint density at radius 1 is 1.14 bits per heavy atom. The number of carboxylic acid groups (broad SMARTS) is 1. The van der Waals surface area contributed by atoms with Crippen molar-refractivity contribution < 1.29 is 18.3 Å². The van der Waals surface area contributed by atoms with Crippen LogP contribution in [0.3, 0.4) is 0 Å². The monoisotopic (exact) mass is 406 g/mol. The highest BCUT2D eigenvalue weighted by Gasteiger charge is 2.64. The molecule has 0 aliphatic carbocycles. The third-order valence-corrected chi connectivity index (χ3v) is 9.24. The molecule has 0 saturated carbocycles. The molecular weight excluding hydrogens is 376 g/mol. The number of rotatable bonds is 5. The number of carboxylic acids is 1. The van der Waals surface area contributed by atoms with Gasteiger partial charge in [0.25, 0.3) is 10.2 Å². The molecule has 0 amide bonds. The van der Waals surface area contributed by atoms with Crippen LogP contribution in [0.2, 0.25) is 0 Å². The molecule has 3 aliphatic heterocycles. The summed E-state index contributed by atoms with van der Waals surface area (Å²) in [7, 11) is -3.64. The van der Waals surface area contributed by atoms with Gasteiger partial charge in [0, 0.05) is 25.2 Å². The highest BCUT2D eigenvalue weighted by atomic mass is 32.2. The predicted molar refractivity (Wildman–Crippen MR) is 107 cm³/mol. The highest BCUT2D eigenvalue weighted by molar-refractivity contribution is 7.86. The molecule has 6 nitrogen and oxygen atoms in total. The fourth-order valence-electron chi connectivity index (χ4n) is 5.39. The van der Waals surface area contributed by atoms with Gasteiger partial charge in [-0.25, -0.2) is 0 Å². The van der Waals surface area contributed by atoms with Crippen LogP contribution in [-0.4, -0.2) is 53.3 Å². The molecule has 0 unspecified atom stereocenters. The average molecular weight is 407 g/mol. The van der Waals surface area contributed by atoms with Gasteiger partial charge in [-0.05, 0) is 49.5 Å². The van der Waals surface area contributed by atoms with Crippen molar-refractivity contribution in [2.45, 2.75) is 64.5 Å². The highest BCUT2D eigenvalue weighted by Crippen LogP contribution is 2.53. The summed E-state index contributed by atoms with van der Waals surface area (Å²) in [6, 6.07) is 8.92. The number of hydrogen-bond acceptors (Lipinski definition) is 3. The lowest BCUT2D eigenvalue weighted by molar-refractivity contribution is -0.150. The first-order valence-corrected chi connectivity index (χ1v) is 11.6. The minimum Gasteiger partial charge on any atom is -0.481 e. The SMILES string of the molecule is CC1(C)CCN(S(=O)(=O)N2[C@H]3CC[C@@H]2[C@](Cc2ccccc2)(C(=O)O)C3)CC1. The maximum Gasteiger partial charge on any atom is 0.311 e. The molecule has 2 bridgehead atoms. The van der Waals surface area contributed by atoms with Crippen LogP contribution < -0.4 is 0 Å². The van der Waals surface area contributed by atoms with Gasteiger partial charge in [-0.15, -0.1) is 0 Å². The van der Waals surface area contributed by atoms with Gasteiger partial charge >= 0.3 is 5.97 Å². The fourth-order valence-corrected chi connectivity index (χ4v) is 7.48. The number of benzene rings is 1. The minimum absolute atomic E-state index is 0.161. The summed E-state index contributed by atoms with van der Waals surface area (Å²) < 4.78 is 30.1. The summed E-state index contributed by atoms with van der Waals surface area (Å²) in [6.07, 6.45) is 3.84. The molecule has 1 aromatic carbocycles. The average Bonchev–Trinajstić information content (AvgIpc) is 3.19. The molecule has 1 aromatic rings. The van der Waals surface area contributed by atoms with Gasteiger partial charge in [0.05, 0.1) is 5.41 Å². The molecule has 154 valence electrons. The zero-order valence-electron chi connectivity index (χ0n) is 16.7. The van der Waals surface area contributed by atoms with Crippen molar-refractivity contribution in [1.29, 1.82) is 0 Å². The first-order chi connectivity index (χ1) is 13.2. The van der Waals surface area contributed by atoms with E-state index in [2.05, 4.69) is 13.8 Å². The van der Waals surface area contributed by atoms with Crippen LogP contribution in [0.4, 0.5) is 0 Å². The second-order valence-corrected chi connectivity index (χ2v) is 11.3. The molecule has 0 aromatic heterocycles. The molecule has 1 N–H and O–H groups in total. The van der Waals surface area contributed by atoms with Crippen molar-refractivity contribution in [2.24, 2.45) is 10.8 Å². The van der Waals surface area contributed by atoms with Gasteiger partial charge in [0.15, 0.2) is 0 Å². The second kappa shape index (κ2) is 6.82. The van der Waals surface area contributed by atoms with Gasteiger partial charge < -0.3 is 5.11 Å². The Hall–Kier alpha value is -1.44. The number of carbonyl (C=O) groups is 1. The first kappa shape index (κ1) is 19.9. The predicted octanol–water partition coefficient (Wildman–Crippen LogP) is 2.90. The zero-order chi connectivity index (χ0) is 20.2. The molecule has 0 spiro atoms. The lowest BCUT2D eigenvalue weighted by atomic mass is 9.70. The van der Waals surface area contributed by atoms with Crippen molar-refractivity contribution in [2.75, 3.05) is 13.1 Å². The summed E-state index contributed by atoms with van der Waals surface area (Å²) in [5.74, 6) is -0.872. The quantitative estimate of drug-likeness (QED) is 0.816. The van der Waals surface area contributed by atoms with Gasteiger partial charge in [-0.2, -0.15) is 17.0 Å². The number of fused-ring (bicyclic) bond motifs is 2. The molecule has 3 aliphatic rings. The summed E-state index contributed by atoms with van der Waals surface area (Å²) in [4.78, 5) is 12.4. The number of piperidine rings is 1. The van der Waals surface area contributed by atoms with Crippen LogP contribution in [0.25, 0.3) is 0 Å². The van der Waals surface area contributed by atoms with E-state index in [9.17, 15) is 18.3 Å². The molecule has 0 radical (unpaired) electrons. The standard InChI is InChI=1S/C21H30N2O4S/c1-20(2)10-12-22(13-11-20)28(26,27)23-17-8-9-18(23)21(15-17,19(24)25)14-16-6-4-3-5-7-16/h3-7,17-18H,8-15H2,1-2H3,(H,24,25)/t17-,18+,21+/m0/s1. The maximum atomic E-state index is 13.5. The Morgan fingerprint density at radius 2 is 1.79 bits per heavy atom. The van der Waals surface area contributed by atoms with E-state index in [1.807, 2.05) is 30.3 Å². The first-order valence-electron chi connectivity index (χ1n) is 10.2. The van der Waals surface area contributed by atoms with Crippen molar-refractivity contribution in [3.8, 4) is 0 Å². The van der Waals surface area contributed by atoms with Crippen molar-refractivity contribution in [3.05, 3.63) is 35.9 Å². The van der Waals surface area contributed by atoms with Crippen LogP contribution in [0.1, 0.15) is 51.5 Å². The van der Waals surface area contributed by atoms with Crippen molar-refractivity contribution in [1.82, 2.24) is 8.61 Å². The Kier molecular flexibility index (Phi) is 4.83. The number of hydrogen-bond donors (Lipinski definition) is 1. The summed E-state index contributed by atoms with van der Waals surface area (Å²) in [5.41, 5.74) is 0.0788. The van der Waals surface area contributed by atoms with Crippen molar-refractivity contribution >= 4 is 16.2 Å². The summed E-state index contributed by atoms with van der Waals surface area (Å²) in [5, 5.41) is 10.2. The van der Waals surface area contributed by atoms with Crippen LogP contribution in [-0.2, 0) is 21.4 Å². The topological polar surface area (TPSA) is 77.9 Å². The third kappa shape index (κ3) is 3.17. The van der Waals surface area contributed by atoms with E-state index in [4.69, 9.17) is 0 Å². The lowest BCUT2D eigenvalue weighted by Crippen LogP contribution is -2.52. The van der Waals surface area contributed by atoms with Crippen LogP contribution >= 0.6 is 0 Å². The molecular formula is C21H30N2O4S. The zero-order valence-corrected chi connectivity index (χ0v) is 17.5. The molecule has 3 heterocycles. The Balaban J connectivity index is 1.62. The molecule has 4 rings (SSSR count). The Morgan fingerprint density at radius 3 is 2.39 bits per heavy atom. The Labute approximate surface area is 167 Å². The van der Waals surface area contributed by atoms with Crippen LogP contribution in [0.15, 0.2) is 30.3 Å². The maximum absolute atomic E-state index is 13.5. The normalized spacial score (nSPS) is 33.2. The summed E-state index contributed by atoms with van der Waals surface area (Å²) in [6.45, 7) is 5.38. The van der Waals surface area contributed by atoms with E-state index >= 15 is 0 Å². The molecule has 3 fully saturated rings. The summed E-state index contributed by atoms with van der Waals surface area (Å²) >= 11 is 0. The molecule has 3 atom stereocenters. The van der Waals surface area contributed by atoms with Gasteiger partial charge in [-0.1, -0.05) is 44.2 Å². The molecule has 7 heteroatoms. The van der Waals surface area contributed by atoms with Gasteiger partial charge in [0.1, 0.15) is 0 Å². The third-order valence-electron chi connectivity index (χ3n) is 7.14. The molecule has 3 saturated heterocycles. The van der Waals surface area contributed by atoms with Crippen LogP contribution in [0.5, 0.6) is 0 Å². The second-order valence-electron chi connectivity index (χ2n) is 9.48. The fraction of sp³-hybridized carbons (Fsp3) is 0.667. The van der Waals surface area contributed by atoms with Gasteiger partial charge in [-0.3, -0.25) is 4.79 Å². The van der Waals surface area contributed by atoms with E-state index in [-0.39, 0.29) is 11.5 Å². The largest absolute Gasteiger partial charge is 0.481 e. The lowest BCUT2D eigenvalue weighted by Gasteiger charge is -2.39. The van der Waals surface area contributed by atoms with E-state index in [0.717, 1.165) is 24.8 Å². The smallest absolute Gasteiger partial charge is 0.311 e. The van der Waals surface area contributed by atoms with E-state index < -0.39 is 27.6 Å². The van der Waals surface area contributed by atoms with Crippen LogP contribution in [0, 0.1) is 10.8 Å². The Bertz CT molecular complexity index is 844. The van der Waals surface area contributed by atoms with E-state index in [1.165, 1.54) is 0 Å². The van der Waals surface area contributed by atoms with Crippen molar-refractivity contribution in [3.63, 3.8) is 0 Å².